The van der Waals surface area contributed by atoms with Gasteiger partial charge in [-0.15, -0.1) is 0 Å². The van der Waals surface area contributed by atoms with Crippen LogP contribution in [0.2, 0.25) is 0 Å². The number of aryl methyl sites for hydroxylation is 2. The fourth-order valence-corrected chi connectivity index (χ4v) is 3.61. The minimum atomic E-state index is 0.761. The topological polar surface area (TPSA) is 44.3 Å². The van der Waals surface area contributed by atoms with E-state index in [4.69, 9.17) is 0 Å². The average Bonchev–Trinajstić information content (AvgIpc) is 2.71. The van der Waals surface area contributed by atoms with Gasteiger partial charge in [-0.3, -0.25) is 4.90 Å². The van der Waals surface area contributed by atoms with Crippen molar-refractivity contribution >= 4 is 11.5 Å². The highest BCUT2D eigenvalue weighted by atomic mass is 15.2. The zero-order valence-corrected chi connectivity index (χ0v) is 17.5. The maximum absolute atomic E-state index is 4.60. The lowest BCUT2D eigenvalue weighted by Gasteiger charge is -2.32. The molecule has 3 aromatic rings. The van der Waals surface area contributed by atoms with Crippen LogP contribution >= 0.6 is 0 Å². The van der Waals surface area contributed by atoms with Gasteiger partial charge in [0.15, 0.2) is 0 Å². The van der Waals surface area contributed by atoms with Crippen molar-refractivity contribution < 1.29 is 0 Å². The summed E-state index contributed by atoms with van der Waals surface area (Å²) in [6.45, 7) is 9.61. The third-order valence-corrected chi connectivity index (χ3v) is 5.41. The molecule has 1 N–H and O–H groups in total. The Balaban J connectivity index is 1.44. The molecule has 0 radical (unpaired) electrons. The van der Waals surface area contributed by atoms with Crippen molar-refractivity contribution in [1.82, 2.24) is 19.8 Å². The highest BCUT2D eigenvalue weighted by Gasteiger charge is 2.13. The molecule has 1 aliphatic rings. The van der Waals surface area contributed by atoms with Crippen molar-refractivity contribution in [2.24, 2.45) is 0 Å². The maximum Gasteiger partial charge on any atom is 0.134 e. The summed E-state index contributed by atoms with van der Waals surface area (Å²) in [6.07, 6.45) is 0. The zero-order chi connectivity index (χ0) is 20.2. The molecule has 0 aliphatic carbocycles. The van der Waals surface area contributed by atoms with Gasteiger partial charge in [0.25, 0.3) is 0 Å². The first kappa shape index (κ1) is 19.6. The third-order valence-electron chi connectivity index (χ3n) is 5.41. The smallest absolute Gasteiger partial charge is 0.134 e. The van der Waals surface area contributed by atoms with E-state index in [2.05, 4.69) is 87.6 Å². The molecule has 0 spiro atoms. The van der Waals surface area contributed by atoms with E-state index >= 15 is 0 Å². The predicted octanol–water partition coefficient (Wildman–Crippen LogP) is 4.25. The lowest BCUT2D eigenvalue weighted by molar-refractivity contribution is 0.148. The van der Waals surface area contributed by atoms with Gasteiger partial charge in [0.05, 0.1) is 5.69 Å². The lowest BCUT2D eigenvalue weighted by Crippen LogP contribution is -2.43. The Morgan fingerprint density at radius 1 is 0.862 bits per heavy atom. The van der Waals surface area contributed by atoms with Crippen molar-refractivity contribution in [2.75, 3.05) is 38.5 Å². The normalized spacial score (nSPS) is 15.4. The zero-order valence-electron chi connectivity index (χ0n) is 17.5. The second-order valence-corrected chi connectivity index (χ2v) is 7.95. The first-order valence-electron chi connectivity index (χ1n) is 10.2. The molecule has 1 aromatic heterocycles. The molecule has 0 amide bonds. The van der Waals surface area contributed by atoms with E-state index in [-0.39, 0.29) is 0 Å². The van der Waals surface area contributed by atoms with Gasteiger partial charge in [0.1, 0.15) is 11.6 Å². The van der Waals surface area contributed by atoms with Crippen LogP contribution in [0.25, 0.3) is 11.3 Å². The van der Waals surface area contributed by atoms with Crippen LogP contribution in [0.4, 0.5) is 11.5 Å². The quantitative estimate of drug-likeness (QED) is 0.709. The summed E-state index contributed by atoms with van der Waals surface area (Å²) in [6, 6.07) is 19.1. The second-order valence-electron chi connectivity index (χ2n) is 7.95. The minimum absolute atomic E-state index is 0.761. The molecule has 0 unspecified atom stereocenters. The van der Waals surface area contributed by atoms with Gasteiger partial charge < -0.3 is 10.2 Å². The molecule has 5 nitrogen and oxygen atoms in total. The van der Waals surface area contributed by atoms with Gasteiger partial charge in [0.2, 0.25) is 0 Å². The Morgan fingerprint density at radius 2 is 1.55 bits per heavy atom. The molecule has 1 fully saturated rings. The van der Waals surface area contributed by atoms with Gasteiger partial charge in [-0.1, -0.05) is 42.0 Å². The van der Waals surface area contributed by atoms with Crippen LogP contribution in [0.5, 0.6) is 0 Å². The number of rotatable bonds is 5. The van der Waals surface area contributed by atoms with Crippen LogP contribution in [-0.4, -0.2) is 53.0 Å². The molecule has 1 aliphatic heterocycles. The van der Waals surface area contributed by atoms with Crippen LogP contribution in [0, 0.1) is 13.8 Å². The Hall–Kier alpha value is -2.76. The van der Waals surface area contributed by atoms with Gasteiger partial charge in [-0.05, 0) is 38.6 Å². The van der Waals surface area contributed by atoms with Crippen molar-refractivity contribution in [3.63, 3.8) is 0 Å². The van der Waals surface area contributed by atoms with Gasteiger partial charge in [-0.25, -0.2) is 9.97 Å². The van der Waals surface area contributed by atoms with Crippen LogP contribution < -0.4 is 5.32 Å². The van der Waals surface area contributed by atoms with Crippen molar-refractivity contribution in [2.45, 2.75) is 20.4 Å². The molecule has 2 aromatic carbocycles. The van der Waals surface area contributed by atoms with Crippen LogP contribution in [0.3, 0.4) is 0 Å². The summed E-state index contributed by atoms with van der Waals surface area (Å²) in [5.74, 6) is 1.58. The number of benzene rings is 2. The van der Waals surface area contributed by atoms with E-state index in [9.17, 15) is 0 Å². The molecule has 0 atom stereocenters. The molecule has 1 saturated heterocycles. The molecule has 5 heteroatoms. The minimum Gasteiger partial charge on any atom is -0.340 e. The predicted molar refractivity (Wildman–Crippen MR) is 119 cm³/mol. The number of nitrogens with one attached hydrogen (secondary N) is 1. The Bertz CT molecular complexity index is 942. The number of hydrogen-bond acceptors (Lipinski definition) is 5. The molecule has 0 saturated carbocycles. The van der Waals surface area contributed by atoms with E-state index in [1.807, 2.05) is 13.0 Å². The Labute approximate surface area is 173 Å². The van der Waals surface area contributed by atoms with E-state index < -0.39 is 0 Å². The van der Waals surface area contributed by atoms with E-state index in [0.717, 1.165) is 61.3 Å². The fourth-order valence-electron chi connectivity index (χ4n) is 3.61. The fraction of sp³-hybridized carbons (Fsp3) is 0.333. The van der Waals surface area contributed by atoms with Gasteiger partial charge in [0, 0.05) is 50.0 Å². The number of piperazine rings is 1. The maximum atomic E-state index is 4.60. The first-order chi connectivity index (χ1) is 14.0. The summed E-state index contributed by atoms with van der Waals surface area (Å²) in [5.41, 5.74) is 5.67. The van der Waals surface area contributed by atoms with Crippen LogP contribution in [-0.2, 0) is 6.54 Å². The van der Waals surface area contributed by atoms with Gasteiger partial charge in [-0.2, -0.15) is 0 Å². The molecule has 2 heterocycles. The summed E-state index contributed by atoms with van der Waals surface area (Å²) in [7, 11) is 2.19. The van der Waals surface area contributed by atoms with E-state index in [0.29, 0.717) is 0 Å². The van der Waals surface area contributed by atoms with Crippen LogP contribution in [0.1, 0.15) is 17.0 Å². The molecule has 4 rings (SSSR count). The van der Waals surface area contributed by atoms with Crippen LogP contribution in [0.15, 0.2) is 54.6 Å². The molecule has 29 heavy (non-hydrogen) atoms. The number of hydrogen-bond donors (Lipinski definition) is 1. The SMILES string of the molecule is Cc1ccc(-c2cc(Nc3ccc(CN4CCN(C)CC4)cc3)nc(C)n2)cc1. The average molecular weight is 388 g/mol. The monoisotopic (exact) mass is 387 g/mol. The largest absolute Gasteiger partial charge is 0.340 e. The lowest BCUT2D eigenvalue weighted by atomic mass is 10.1. The highest BCUT2D eigenvalue weighted by Crippen LogP contribution is 2.23. The van der Waals surface area contributed by atoms with Gasteiger partial charge >= 0.3 is 0 Å². The van der Waals surface area contributed by atoms with E-state index in [1.165, 1.54) is 11.1 Å². The number of nitrogens with zero attached hydrogens (tertiary/aromatic N) is 4. The first-order valence-corrected chi connectivity index (χ1v) is 10.2. The second kappa shape index (κ2) is 8.72. The Morgan fingerprint density at radius 3 is 2.24 bits per heavy atom. The van der Waals surface area contributed by atoms with Crippen molar-refractivity contribution in [3.05, 3.63) is 71.5 Å². The summed E-state index contributed by atoms with van der Waals surface area (Å²) >= 11 is 0. The van der Waals surface area contributed by atoms with Crippen molar-refractivity contribution in [1.29, 1.82) is 0 Å². The molecular formula is C24H29N5. The number of anilines is 2. The molecular weight excluding hydrogens is 358 g/mol. The molecule has 150 valence electrons. The summed E-state index contributed by atoms with van der Waals surface area (Å²) in [4.78, 5) is 14.1. The highest BCUT2D eigenvalue weighted by molar-refractivity contribution is 5.66. The molecule has 0 bridgehead atoms. The van der Waals surface area contributed by atoms with Crippen molar-refractivity contribution in [3.8, 4) is 11.3 Å². The summed E-state index contributed by atoms with van der Waals surface area (Å²) in [5, 5.41) is 3.43. The third kappa shape index (κ3) is 5.19. The number of likely N-dealkylation sites (N-methyl/N-ethyl adjacent to an activating group) is 1. The number of aromatic nitrogens is 2. The van der Waals surface area contributed by atoms with E-state index in [1.54, 1.807) is 0 Å². The Kier molecular flexibility index (Phi) is 5.88. The summed E-state index contributed by atoms with van der Waals surface area (Å²) < 4.78 is 0. The standard InChI is InChI=1S/C24H29N5/c1-18-4-8-21(9-5-18)23-16-24(26-19(2)25-23)27-22-10-6-20(7-11-22)17-29-14-12-28(3)13-15-29/h4-11,16H,12-15,17H2,1-3H3,(H,25,26,27).